The van der Waals surface area contributed by atoms with Crippen molar-refractivity contribution in [2.45, 2.75) is 0 Å². The average Bonchev–Trinajstić information content (AvgIpc) is 2.84. The molecule has 0 atom stereocenters. The Kier molecular flexibility index (Phi) is 1.87. The second-order valence-electron chi connectivity index (χ2n) is 3.41. The van der Waals surface area contributed by atoms with Gasteiger partial charge in [-0.05, 0) is 18.2 Å². The zero-order chi connectivity index (χ0) is 11.1. The number of phenolic OH excluding ortho intramolecular Hbond substituents is 1. The highest BCUT2D eigenvalue weighted by Gasteiger charge is 2.12. The third-order valence-electron chi connectivity index (χ3n) is 2.36. The number of thiophene rings is 1. The van der Waals surface area contributed by atoms with E-state index in [2.05, 4.69) is 5.16 Å². The van der Waals surface area contributed by atoms with E-state index in [4.69, 9.17) is 10.3 Å². The summed E-state index contributed by atoms with van der Waals surface area (Å²) in [5, 5.41) is 14.1. The van der Waals surface area contributed by atoms with Crippen LogP contribution in [0.25, 0.3) is 20.7 Å². The lowest BCUT2D eigenvalue weighted by molar-refractivity contribution is 0.433. The number of aromatic nitrogens is 1. The quantitative estimate of drug-likeness (QED) is 0.676. The molecule has 0 fully saturated rings. The average molecular weight is 232 g/mol. The number of phenols is 1. The van der Waals surface area contributed by atoms with E-state index in [0.717, 1.165) is 15.0 Å². The summed E-state index contributed by atoms with van der Waals surface area (Å²) in [6.45, 7) is 0. The lowest BCUT2D eigenvalue weighted by atomic mass is 10.2. The maximum Gasteiger partial charge on any atom is 0.199 e. The first-order valence-electron chi connectivity index (χ1n) is 4.68. The minimum atomic E-state index is 0.262. The molecule has 0 aliphatic rings. The van der Waals surface area contributed by atoms with Crippen LogP contribution in [0.4, 0.5) is 5.69 Å². The van der Waals surface area contributed by atoms with Gasteiger partial charge in [-0.3, -0.25) is 0 Å². The predicted octanol–water partition coefficient (Wildman–Crippen LogP) is 2.84. The van der Waals surface area contributed by atoms with Gasteiger partial charge < -0.3 is 15.4 Å². The molecular formula is C11H8N2O2S. The van der Waals surface area contributed by atoms with E-state index >= 15 is 0 Å². The zero-order valence-corrected chi connectivity index (χ0v) is 8.99. The molecule has 0 saturated heterocycles. The summed E-state index contributed by atoms with van der Waals surface area (Å²) in [6.07, 6.45) is 1.47. The van der Waals surface area contributed by atoms with Gasteiger partial charge in [-0.2, -0.15) is 0 Å². The first-order chi connectivity index (χ1) is 7.75. The van der Waals surface area contributed by atoms with Crippen LogP contribution >= 0.6 is 11.3 Å². The lowest BCUT2D eigenvalue weighted by Crippen LogP contribution is -1.81. The van der Waals surface area contributed by atoms with Gasteiger partial charge in [-0.15, -0.1) is 11.3 Å². The fraction of sp³-hybridized carbons (Fsp3) is 0. The van der Waals surface area contributed by atoms with Crippen LogP contribution in [0.5, 0.6) is 5.75 Å². The van der Waals surface area contributed by atoms with Crippen LogP contribution in [-0.4, -0.2) is 10.3 Å². The van der Waals surface area contributed by atoms with Gasteiger partial charge in [0.25, 0.3) is 0 Å². The Morgan fingerprint density at radius 3 is 2.94 bits per heavy atom. The molecule has 16 heavy (non-hydrogen) atoms. The van der Waals surface area contributed by atoms with Crippen molar-refractivity contribution in [2.24, 2.45) is 0 Å². The van der Waals surface area contributed by atoms with Gasteiger partial charge in [-0.1, -0.05) is 11.2 Å². The molecule has 0 radical (unpaired) electrons. The Morgan fingerprint density at radius 2 is 2.25 bits per heavy atom. The highest BCUT2D eigenvalue weighted by molar-refractivity contribution is 7.22. The summed E-state index contributed by atoms with van der Waals surface area (Å²) < 4.78 is 6.07. The predicted molar refractivity (Wildman–Crippen MR) is 63.4 cm³/mol. The van der Waals surface area contributed by atoms with Gasteiger partial charge in [0, 0.05) is 10.1 Å². The molecule has 2 aromatic heterocycles. The topological polar surface area (TPSA) is 72.3 Å². The molecule has 0 aliphatic heterocycles. The van der Waals surface area contributed by atoms with Gasteiger partial charge in [0.05, 0.1) is 11.1 Å². The number of benzene rings is 1. The van der Waals surface area contributed by atoms with Crippen LogP contribution < -0.4 is 5.73 Å². The molecular weight excluding hydrogens is 224 g/mol. The van der Waals surface area contributed by atoms with E-state index in [1.165, 1.54) is 17.5 Å². The van der Waals surface area contributed by atoms with E-state index < -0.39 is 0 Å². The lowest BCUT2D eigenvalue weighted by Gasteiger charge is -1.90. The second kappa shape index (κ2) is 3.24. The molecule has 1 aromatic carbocycles. The number of hydrogen-bond acceptors (Lipinski definition) is 5. The Balaban J connectivity index is 2.27. The molecule has 0 bridgehead atoms. The third kappa shape index (κ3) is 1.25. The number of nitrogen functional groups attached to an aromatic ring is 1. The summed E-state index contributed by atoms with van der Waals surface area (Å²) in [7, 11) is 0. The van der Waals surface area contributed by atoms with Gasteiger partial charge >= 0.3 is 0 Å². The number of anilines is 1. The molecule has 0 saturated carbocycles. The summed E-state index contributed by atoms with van der Waals surface area (Å²) in [4.78, 5) is 0.867. The fourth-order valence-electron chi connectivity index (χ4n) is 1.59. The maximum absolute atomic E-state index is 9.68. The van der Waals surface area contributed by atoms with Crippen LogP contribution in [0.3, 0.4) is 0 Å². The Hall–Kier alpha value is -2.01. The van der Waals surface area contributed by atoms with E-state index in [1.54, 1.807) is 6.07 Å². The number of nitrogens with zero attached hydrogens (tertiary/aromatic N) is 1. The van der Waals surface area contributed by atoms with Crippen LogP contribution in [0.1, 0.15) is 0 Å². The first kappa shape index (κ1) is 9.23. The largest absolute Gasteiger partial charge is 0.507 e. The monoisotopic (exact) mass is 232 g/mol. The van der Waals surface area contributed by atoms with Crippen molar-refractivity contribution in [1.82, 2.24) is 5.16 Å². The van der Waals surface area contributed by atoms with Crippen LogP contribution in [0, 0.1) is 0 Å². The van der Waals surface area contributed by atoms with Crippen molar-refractivity contribution in [1.29, 1.82) is 0 Å². The number of nitrogens with two attached hydrogens (primary N) is 1. The molecule has 3 N–H and O–H groups in total. The van der Waals surface area contributed by atoms with Crippen LogP contribution in [0.15, 0.2) is 35.0 Å². The number of aromatic hydroxyl groups is 1. The van der Waals surface area contributed by atoms with Crippen molar-refractivity contribution in [3.8, 4) is 16.4 Å². The minimum absolute atomic E-state index is 0.262. The van der Waals surface area contributed by atoms with E-state index in [1.807, 2.05) is 18.2 Å². The van der Waals surface area contributed by atoms with Crippen molar-refractivity contribution >= 4 is 27.1 Å². The summed E-state index contributed by atoms with van der Waals surface area (Å²) in [5.41, 5.74) is 6.23. The number of hydrogen-bond donors (Lipinski definition) is 2. The normalized spacial score (nSPS) is 11.0. The maximum atomic E-state index is 9.68. The van der Waals surface area contributed by atoms with E-state index in [0.29, 0.717) is 11.4 Å². The molecule has 0 spiro atoms. The summed E-state index contributed by atoms with van der Waals surface area (Å²) in [6, 6.07) is 7.26. The van der Waals surface area contributed by atoms with Gasteiger partial charge in [0.2, 0.25) is 0 Å². The van der Waals surface area contributed by atoms with Crippen molar-refractivity contribution < 1.29 is 9.63 Å². The standard InChI is InChI=1S/C11H8N2O2S/c12-7-5-13-15-11(7)10-4-6-8(14)2-1-3-9(6)16-10/h1-5,14H,12H2. The van der Waals surface area contributed by atoms with Gasteiger partial charge in [0.1, 0.15) is 11.4 Å². The van der Waals surface area contributed by atoms with Crippen molar-refractivity contribution in [2.75, 3.05) is 5.73 Å². The highest BCUT2D eigenvalue weighted by Crippen LogP contribution is 2.39. The molecule has 4 nitrogen and oxygen atoms in total. The Bertz CT molecular complexity index is 657. The first-order valence-corrected chi connectivity index (χ1v) is 5.49. The Morgan fingerprint density at radius 1 is 1.38 bits per heavy atom. The second-order valence-corrected chi connectivity index (χ2v) is 4.49. The smallest absolute Gasteiger partial charge is 0.199 e. The van der Waals surface area contributed by atoms with Gasteiger partial charge in [-0.25, -0.2) is 0 Å². The molecule has 0 amide bonds. The summed E-state index contributed by atoms with van der Waals surface area (Å²) in [5.74, 6) is 0.818. The molecule has 0 aliphatic carbocycles. The molecule has 2 heterocycles. The van der Waals surface area contributed by atoms with Crippen molar-refractivity contribution in [3.05, 3.63) is 30.5 Å². The fourth-order valence-corrected chi connectivity index (χ4v) is 2.67. The highest BCUT2D eigenvalue weighted by atomic mass is 32.1. The zero-order valence-electron chi connectivity index (χ0n) is 8.18. The SMILES string of the molecule is Nc1cnoc1-c1cc2c(O)cccc2s1. The van der Waals surface area contributed by atoms with Crippen LogP contribution in [-0.2, 0) is 0 Å². The third-order valence-corrected chi connectivity index (χ3v) is 3.46. The van der Waals surface area contributed by atoms with Crippen LogP contribution in [0.2, 0.25) is 0 Å². The number of fused-ring (bicyclic) bond motifs is 1. The molecule has 80 valence electrons. The van der Waals surface area contributed by atoms with Gasteiger partial charge in [0.15, 0.2) is 5.76 Å². The Labute approximate surface area is 94.9 Å². The molecule has 5 heteroatoms. The van der Waals surface area contributed by atoms with E-state index in [9.17, 15) is 5.11 Å². The van der Waals surface area contributed by atoms with Crippen molar-refractivity contribution in [3.63, 3.8) is 0 Å². The minimum Gasteiger partial charge on any atom is -0.507 e. The molecule has 3 rings (SSSR count). The molecule has 0 unspecified atom stereocenters. The summed E-state index contributed by atoms with van der Waals surface area (Å²) >= 11 is 1.51. The molecule has 3 aromatic rings. The van der Waals surface area contributed by atoms with E-state index in [-0.39, 0.29) is 5.75 Å². The number of rotatable bonds is 1.